The van der Waals surface area contributed by atoms with E-state index in [4.69, 9.17) is 9.47 Å². The molecule has 170 valence electrons. The number of hydrogen-bond acceptors (Lipinski definition) is 5. The first kappa shape index (κ1) is 22.3. The van der Waals surface area contributed by atoms with Gasteiger partial charge in [-0.3, -0.25) is 9.59 Å². The summed E-state index contributed by atoms with van der Waals surface area (Å²) in [6, 6.07) is 17.7. The summed E-state index contributed by atoms with van der Waals surface area (Å²) >= 11 is 0. The number of pyridine rings is 1. The normalized spacial score (nSPS) is 13.4. The lowest BCUT2D eigenvalue weighted by atomic mass is 10.0. The van der Waals surface area contributed by atoms with Gasteiger partial charge in [0, 0.05) is 24.2 Å². The van der Waals surface area contributed by atoms with Crippen molar-refractivity contribution in [1.29, 1.82) is 0 Å². The third-order valence-electron chi connectivity index (χ3n) is 5.62. The lowest BCUT2D eigenvalue weighted by Gasteiger charge is -2.27. The number of fused-ring (bicyclic) bond motifs is 1. The Balaban J connectivity index is 1.64. The van der Waals surface area contributed by atoms with Gasteiger partial charge in [-0.25, -0.2) is 4.98 Å². The monoisotopic (exact) mass is 445 g/mol. The van der Waals surface area contributed by atoms with E-state index in [0.29, 0.717) is 42.5 Å². The van der Waals surface area contributed by atoms with Crippen molar-refractivity contribution in [1.82, 2.24) is 9.88 Å². The summed E-state index contributed by atoms with van der Waals surface area (Å²) in [5.74, 6) is 1.24. The molecule has 4 rings (SSSR count). The Morgan fingerprint density at radius 2 is 1.94 bits per heavy atom. The van der Waals surface area contributed by atoms with Gasteiger partial charge in [-0.1, -0.05) is 30.3 Å². The van der Waals surface area contributed by atoms with Crippen LogP contribution < -0.4 is 14.8 Å². The van der Waals surface area contributed by atoms with Gasteiger partial charge in [-0.15, -0.1) is 0 Å². The fraction of sp³-hybridized carbons (Fsp3) is 0.269. The first-order chi connectivity index (χ1) is 16.0. The van der Waals surface area contributed by atoms with Gasteiger partial charge in [-0.05, 0) is 55.3 Å². The van der Waals surface area contributed by atoms with Crippen molar-refractivity contribution in [3.8, 4) is 11.5 Å². The highest BCUT2D eigenvalue weighted by Gasteiger charge is 2.36. The third kappa shape index (κ3) is 4.82. The number of nitrogens with zero attached hydrogens (tertiary/aromatic N) is 2. The topological polar surface area (TPSA) is 80.8 Å². The number of methoxy groups -OCH3 is 1. The van der Waals surface area contributed by atoms with Crippen molar-refractivity contribution < 1.29 is 19.1 Å². The van der Waals surface area contributed by atoms with Gasteiger partial charge in [0.1, 0.15) is 11.9 Å². The molecular formula is C26H27N3O4. The average Bonchev–Trinajstić information content (AvgIpc) is 3.14. The van der Waals surface area contributed by atoms with Crippen LogP contribution in [0.2, 0.25) is 0 Å². The van der Waals surface area contributed by atoms with E-state index in [1.54, 1.807) is 24.1 Å². The highest BCUT2D eigenvalue weighted by molar-refractivity contribution is 6.03. The summed E-state index contributed by atoms with van der Waals surface area (Å²) in [6.45, 7) is 4.66. The first-order valence-electron chi connectivity index (χ1n) is 10.9. The van der Waals surface area contributed by atoms with Gasteiger partial charge in [0.2, 0.25) is 5.91 Å². The molecule has 3 aromatic rings. The van der Waals surface area contributed by atoms with Crippen molar-refractivity contribution >= 4 is 17.6 Å². The van der Waals surface area contributed by atoms with E-state index in [9.17, 15) is 9.59 Å². The molecule has 0 radical (unpaired) electrons. The van der Waals surface area contributed by atoms with Crippen molar-refractivity contribution in [2.75, 3.05) is 19.0 Å². The number of rotatable bonds is 8. The summed E-state index contributed by atoms with van der Waals surface area (Å²) < 4.78 is 11.1. The standard InChI is InChI=1S/C26H27N3O4/c1-4-33-22-13-12-18(15-23(22)32-3)14-21(25(30)28-24-11-7-8-17(2)27-24)29-16-19-9-5-6-10-20(19)26(29)31/h5-13,15,21H,4,14,16H2,1-3H3,(H,27,28,30). The van der Waals surface area contributed by atoms with Crippen LogP contribution in [0.3, 0.4) is 0 Å². The molecule has 1 N–H and O–H groups in total. The van der Waals surface area contributed by atoms with E-state index in [0.717, 1.165) is 16.8 Å². The van der Waals surface area contributed by atoms with Crippen LogP contribution in [-0.2, 0) is 17.8 Å². The molecule has 0 saturated carbocycles. The zero-order chi connectivity index (χ0) is 23.4. The molecule has 1 unspecified atom stereocenters. The smallest absolute Gasteiger partial charge is 0.255 e. The van der Waals surface area contributed by atoms with Crippen LogP contribution in [0.15, 0.2) is 60.7 Å². The number of carbonyl (C=O) groups excluding carboxylic acids is 2. The van der Waals surface area contributed by atoms with Crippen molar-refractivity contribution in [3.05, 3.63) is 83.0 Å². The SMILES string of the molecule is CCOc1ccc(CC(C(=O)Nc2cccc(C)n2)N2Cc3ccccc3C2=O)cc1OC. The van der Waals surface area contributed by atoms with Crippen LogP contribution >= 0.6 is 0 Å². The number of carbonyl (C=O) groups is 2. The Bertz CT molecular complexity index is 1180. The van der Waals surface area contributed by atoms with E-state index in [1.165, 1.54) is 0 Å². The van der Waals surface area contributed by atoms with Crippen molar-refractivity contribution in [2.45, 2.75) is 32.9 Å². The maximum atomic E-state index is 13.4. The molecule has 0 spiro atoms. The number of amides is 2. The molecular weight excluding hydrogens is 418 g/mol. The summed E-state index contributed by atoms with van der Waals surface area (Å²) in [5.41, 5.74) is 3.20. The predicted octanol–water partition coefficient (Wildman–Crippen LogP) is 4.00. The molecule has 0 saturated heterocycles. The molecule has 1 aromatic heterocycles. The molecule has 7 nitrogen and oxygen atoms in total. The Labute approximate surface area is 193 Å². The van der Waals surface area contributed by atoms with Crippen LogP contribution in [0.25, 0.3) is 0 Å². The Morgan fingerprint density at radius 1 is 1.12 bits per heavy atom. The van der Waals surface area contributed by atoms with E-state index in [2.05, 4.69) is 10.3 Å². The maximum absolute atomic E-state index is 13.4. The molecule has 1 atom stereocenters. The number of aryl methyl sites for hydroxylation is 1. The molecule has 1 aliphatic heterocycles. The summed E-state index contributed by atoms with van der Waals surface area (Å²) in [4.78, 5) is 32.6. The predicted molar refractivity (Wildman–Crippen MR) is 126 cm³/mol. The number of nitrogens with one attached hydrogen (secondary N) is 1. The fourth-order valence-electron chi connectivity index (χ4n) is 4.03. The minimum atomic E-state index is -0.727. The van der Waals surface area contributed by atoms with Gasteiger partial charge in [0.15, 0.2) is 11.5 Å². The lowest BCUT2D eigenvalue weighted by molar-refractivity contribution is -0.120. The highest BCUT2D eigenvalue weighted by Crippen LogP contribution is 2.31. The number of benzene rings is 2. The molecule has 0 aliphatic carbocycles. The van der Waals surface area contributed by atoms with Crippen LogP contribution in [0.5, 0.6) is 11.5 Å². The minimum Gasteiger partial charge on any atom is -0.493 e. The average molecular weight is 446 g/mol. The molecule has 2 aromatic carbocycles. The van der Waals surface area contributed by atoms with Crippen LogP contribution in [0.4, 0.5) is 5.82 Å². The second-order valence-electron chi connectivity index (χ2n) is 7.88. The van der Waals surface area contributed by atoms with E-state index < -0.39 is 6.04 Å². The number of aromatic nitrogens is 1. The summed E-state index contributed by atoms with van der Waals surface area (Å²) in [5, 5.41) is 2.89. The van der Waals surface area contributed by atoms with Crippen LogP contribution in [0.1, 0.15) is 34.1 Å². The van der Waals surface area contributed by atoms with Gasteiger partial charge >= 0.3 is 0 Å². The zero-order valence-corrected chi connectivity index (χ0v) is 19.0. The molecule has 0 bridgehead atoms. The largest absolute Gasteiger partial charge is 0.493 e. The maximum Gasteiger partial charge on any atom is 0.255 e. The Morgan fingerprint density at radius 3 is 2.67 bits per heavy atom. The van der Waals surface area contributed by atoms with Gasteiger partial charge < -0.3 is 19.7 Å². The Kier molecular flexibility index (Phi) is 6.58. The molecule has 33 heavy (non-hydrogen) atoms. The van der Waals surface area contributed by atoms with Gasteiger partial charge in [-0.2, -0.15) is 0 Å². The minimum absolute atomic E-state index is 0.152. The van der Waals surface area contributed by atoms with E-state index in [-0.39, 0.29) is 11.8 Å². The highest BCUT2D eigenvalue weighted by atomic mass is 16.5. The van der Waals surface area contributed by atoms with Crippen molar-refractivity contribution in [3.63, 3.8) is 0 Å². The molecule has 2 heterocycles. The second-order valence-corrected chi connectivity index (χ2v) is 7.88. The molecule has 2 amide bonds. The van der Waals surface area contributed by atoms with Crippen molar-refractivity contribution in [2.24, 2.45) is 0 Å². The zero-order valence-electron chi connectivity index (χ0n) is 19.0. The molecule has 0 fully saturated rings. The first-order valence-corrected chi connectivity index (χ1v) is 10.9. The molecule has 7 heteroatoms. The summed E-state index contributed by atoms with van der Waals surface area (Å²) in [7, 11) is 1.58. The third-order valence-corrected chi connectivity index (χ3v) is 5.62. The van der Waals surface area contributed by atoms with Crippen LogP contribution in [0, 0.1) is 6.92 Å². The van der Waals surface area contributed by atoms with E-state index >= 15 is 0 Å². The van der Waals surface area contributed by atoms with Crippen LogP contribution in [-0.4, -0.2) is 41.5 Å². The summed E-state index contributed by atoms with van der Waals surface area (Å²) in [6.07, 6.45) is 0.320. The Hall–Kier alpha value is -3.87. The number of ether oxygens (including phenoxy) is 2. The van der Waals surface area contributed by atoms with Gasteiger partial charge in [0.25, 0.3) is 5.91 Å². The van der Waals surface area contributed by atoms with Gasteiger partial charge in [0.05, 0.1) is 13.7 Å². The number of hydrogen-bond donors (Lipinski definition) is 1. The van der Waals surface area contributed by atoms with E-state index in [1.807, 2.05) is 62.4 Å². The quantitative estimate of drug-likeness (QED) is 0.567. The lowest BCUT2D eigenvalue weighted by Crippen LogP contribution is -2.45. The number of anilines is 1. The molecule has 1 aliphatic rings. The fourth-order valence-corrected chi connectivity index (χ4v) is 4.03. The second kappa shape index (κ2) is 9.73.